The monoisotopic (exact) mass is 280 g/mol. The molecule has 0 aromatic heterocycles. The minimum absolute atomic E-state index is 0.309. The van der Waals surface area contributed by atoms with Crippen LogP contribution in [0.4, 0.5) is 5.69 Å². The zero-order valence-electron chi connectivity index (χ0n) is 11.1. The van der Waals surface area contributed by atoms with Crippen LogP contribution in [0, 0.1) is 0 Å². The largest absolute Gasteiger partial charge is 0.382 e. The van der Waals surface area contributed by atoms with Gasteiger partial charge >= 0.3 is 0 Å². The smallest absolute Gasteiger partial charge is 0.240 e. The summed E-state index contributed by atoms with van der Waals surface area (Å²) in [5.41, 5.74) is 0.968. The molecule has 2 rings (SSSR count). The van der Waals surface area contributed by atoms with Gasteiger partial charge in [0.25, 0.3) is 0 Å². The van der Waals surface area contributed by atoms with E-state index in [2.05, 4.69) is 22.2 Å². The summed E-state index contributed by atoms with van der Waals surface area (Å²) >= 11 is 0. The fourth-order valence-electron chi connectivity index (χ4n) is 2.16. The van der Waals surface area contributed by atoms with Crippen LogP contribution in [0.2, 0.25) is 0 Å². The molecule has 1 aliphatic carbocycles. The van der Waals surface area contributed by atoms with Gasteiger partial charge in [-0.1, -0.05) is 19.1 Å². The predicted molar refractivity (Wildman–Crippen MR) is 77.7 cm³/mol. The Morgan fingerprint density at radius 3 is 2.53 bits per heavy atom. The van der Waals surface area contributed by atoms with E-state index in [0.29, 0.717) is 17.5 Å². The maximum Gasteiger partial charge on any atom is 0.240 e. The maximum absolute atomic E-state index is 11.8. The van der Waals surface area contributed by atoms with Crippen molar-refractivity contribution >= 4 is 15.7 Å². The molecule has 1 aromatic rings. The molecule has 0 aliphatic heterocycles. The van der Waals surface area contributed by atoms with Crippen molar-refractivity contribution in [2.45, 2.75) is 37.1 Å². The normalized spacial score (nSPS) is 19.3. The molecule has 19 heavy (non-hydrogen) atoms. The van der Waals surface area contributed by atoms with Crippen molar-refractivity contribution in [1.29, 1.82) is 0 Å². The van der Waals surface area contributed by atoms with Crippen LogP contribution in [0.1, 0.15) is 26.2 Å². The van der Waals surface area contributed by atoms with E-state index in [4.69, 9.17) is 0 Å². The van der Waals surface area contributed by atoms with E-state index in [9.17, 15) is 8.42 Å². The highest BCUT2D eigenvalue weighted by molar-refractivity contribution is 7.89. The zero-order valence-corrected chi connectivity index (χ0v) is 11.9. The molecule has 0 amide bonds. The second kappa shape index (κ2) is 6.21. The number of rotatable bonds is 5. The van der Waals surface area contributed by atoms with Crippen molar-refractivity contribution in [3.8, 4) is 0 Å². The first-order valence-corrected chi connectivity index (χ1v) is 8.11. The summed E-state index contributed by atoms with van der Waals surface area (Å²) in [6, 6.07) is 7.37. The topological polar surface area (TPSA) is 58.2 Å². The molecule has 1 unspecified atom stereocenters. The summed E-state index contributed by atoms with van der Waals surface area (Å²) in [4.78, 5) is 0.309. The average Bonchev–Trinajstić information content (AvgIpc) is 2.40. The van der Waals surface area contributed by atoms with Gasteiger partial charge in [0.15, 0.2) is 0 Å². The van der Waals surface area contributed by atoms with Crippen LogP contribution < -0.4 is 10.0 Å². The molecule has 2 N–H and O–H groups in total. The quantitative estimate of drug-likeness (QED) is 0.815. The number of hydrogen-bond acceptors (Lipinski definition) is 3. The fraction of sp³-hybridized carbons (Fsp3) is 0.429. The predicted octanol–water partition coefficient (Wildman–Crippen LogP) is 2.51. The Labute approximate surface area is 115 Å². The van der Waals surface area contributed by atoms with E-state index < -0.39 is 10.0 Å². The van der Waals surface area contributed by atoms with Crippen molar-refractivity contribution in [2.24, 2.45) is 0 Å². The van der Waals surface area contributed by atoms with Crippen LogP contribution >= 0.6 is 0 Å². The number of hydrogen-bond donors (Lipinski definition) is 2. The van der Waals surface area contributed by atoms with Crippen LogP contribution in [0.25, 0.3) is 0 Å². The van der Waals surface area contributed by atoms with Gasteiger partial charge in [-0.25, -0.2) is 13.1 Å². The molecule has 0 bridgehead atoms. The van der Waals surface area contributed by atoms with E-state index in [0.717, 1.165) is 24.9 Å². The first-order valence-electron chi connectivity index (χ1n) is 6.63. The lowest BCUT2D eigenvalue weighted by Gasteiger charge is -2.20. The third kappa shape index (κ3) is 3.81. The van der Waals surface area contributed by atoms with Gasteiger partial charge in [0, 0.05) is 18.3 Å². The number of anilines is 1. The van der Waals surface area contributed by atoms with E-state index in [1.165, 1.54) is 0 Å². The Balaban J connectivity index is 2.04. The SMILES string of the molecule is CCNS(=O)(=O)c1ccc(NC2CC=CCC2)cc1. The molecular formula is C14H20N2O2S. The first-order chi connectivity index (χ1) is 9.12. The second-order valence-electron chi connectivity index (χ2n) is 4.65. The third-order valence-corrected chi connectivity index (χ3v) is 4.70. The van der Waals surface area contributed by atoms with Crippen LogP contribution in [-0.4, -0.2) is 21.0 Å². The minimum Gasteiger partial charge on any atom is -0.382 e. The van der Waals surface area contributed by atoms with Crippen molar-refractivity contribution in [3.63, 3.8) is 0 Å². The van der Waals surface area contributed by atoms with E-state index in [1.807, 2.05) is 12.1 Å². The van der Waals surface area contributed by atoms with Gasteiger partial charge in [0.2, 0.25) is 10.0 Å². The summed E-state index contributed by atoms with van der Waals surface area (Å²) in [6.07, 6.45) is 7.63. The molecule has 0 fully saturated rings. The molecule has 0 spiro atoms. The highest BCUT2D eigenvalue weighted by atomic mass is 32.2. The van der Waals surface area contributed by atoms with Gasteiger partial charge in [0.1, 0.15) is 0 Å². The Morgan fingerprint density at radius 2 is 1.95 bits per heavy atom. The van der Waals surface area contributed by atoms with Crippen molar-refractivity contribution < 1.29 is 8.42 Å². The summed E-state index contributed by atoms with van der Waals surface area (Å²) in [5, 5.41) is 3.43. The van der Waals surface area contributed by atoms with Gasteiger partial charge in [-0.05, 0) is 43.5 Å². The molecule has 0 heterocycles. The van der Waals surface area contributed by atoms with Crippen LogP contribution in [-0.2, 0) is 10.0 Å². The van der Waals surface area contributed by atoms with Crippen LogP contribution in [0.15, 0.2) is 41.3 Å². The number of benzene rings is 1. The van der Waals surface area contributed by atoms with Gasteiger partial charge in [-0.15, -0.1) is 0 Å². The van der Waals surface area contributed by atoms with Gasteiger partial charge in [-0.3, -0.25) is 0 Å². The van der Waals surface area contributed by atoms with Gasteiger partial charge in [-0.2, -0.15) is 0 Å². The minimum atomic E-state index is -3.35. The van der Waals surface area contributed by atoms with Crippen LogP contribution in [0.3, 0.4) is 0 Å². The highest BCUT2D eigenvalue weighted by Gasteiger charge is 2.13. The summed E-state index contributed by atoms with van der Waals surface area (Å²) < 4.78 is 26.1. The molecular weight excluding hydrogens is 260 g/mol. The Kier molecular flexibility index (Phi) is 4.61. The highest BCUT2D eigenvalue weighted by Crippen LogP contribution is 2.19. The molecule has 5 heteroatoms. The van der Waals surface area contributed by atoms with Crippen LogP contribution in [0.5, 0.6) is 0 Å². The summed E-state index contributed by atoms with van der Waals surface area (Å²) in [6.45, 7) is 2.17. The molecule has 1 aliphatic rings. The van der Waals surface area contributed by atoms with Crippen molar-refractivity contribution in [2.75, 3.05) is 11.9 Å². The fourth-order valence-corrected chi connectivity index (χ4v) is 3.21. The zero-order chi connectivity index (χ0) is 13.7. The second-order valence-corrected chi connectivity index (χ2v) is 6.42. The third-order valence-electron chi connectivity index (χ3n) is 3.14. The molecule has 0 radical (unpaired) electrons. The van der Waals surface area contributed by atoms with Crippen molar-refractivity contribution in [3.05, 3.63) is 36.4 Å². The standard InChI is InChI=1S/C14H20N2O2S/c1-2-15-19(17,18)14-10-8-13(9-11-14)16-12-6-4-3-5-7-12/h3-4,8-12,15-16H,2,5-7H2,1H3. The average molecular weight is 280 g/mol. The number of sulfonamides is 1. The number of allylic oxidation sites excluding steroid dienone is 1. The molecule has 104 valence electrons. The van der Waals surface area contributed by atoms with E-state index >= 15 is 0 Å². The molecule has 1 atom stereocenters. The van der Waals surface area contributed by atoms with Crippen molar-refractivity contribution in [1.82, 2.24) is 4.72 Å². The lowest BCUT2D eigenvalue weighted by molar-refractivity contribution is 0.584. The van der Waals surface area contributed by atoms with E-state index in [1.54, 1.807) is 19.1 Å². The lowest BCUT2D eigenvalue weighted by atomic mass is 10.0. The first kappa shape index (κ1) is 14.1. The maximum atomic E-state index is 11.8. The summed E-state index contributed by atoms with van der Waals surface area (Å²) in [7, 11) is -3.35. The van der Waals surface area contributed by atoms with Gasteiger partial charge < -0.3 is 5.32 Å². The molecule has 1 aromatic carbocycles. The molecule has 0 saturated carbocycles. The van der Waals surface area contributed by atoms with E-state index in [-0.39, 0.29) is 0 Å². The lowest BCUT2D eigenvalue weighted by Crippen LogP contribution is -2.23. The van der Waals surface area contributed by atoms with Gasteiger partial charge in [0.05, 0.1) is 4.90 Å². The Hall–Kier alpha value is -1.33. The summed E-state index contributed by atoms with van der Waals surface area (Å²) in [5.74, 6) is 0. The molecule has 0 saturated heterocycles. The Bertz CT molecular complexity index is 535. The molecule has 4 nitrogen and oxygen atoms in total. The Morgan fingerprint density at radius 1 is 1.21 bits per heavy atom. The number of nitrogens with one attached hydrogen (secondary N) is 2.